The minimum atomic E-state index is -0.629. The third-order valence-corrected chi connectivity index (χ3v) is 3.94. The summed E-state index contributed by atoms with van der Waals surface area (Å²) >= 11 is 0. The van der Waals surface area contributed by atoms with E-state index < -0.39 is 17.6 Å². The van der Waals surface area contributed by atoms with Crippen LogP contribution in [0.4, 0.5) is 4.39 Å². The fourth-order valence-corrected chi connectivity index (χ4v) is 2.44. The molecule has 0 atom stereocenters. The van der Waals surface area contributed by atoms with Crippen LogP contribution in [0.5, 0.6) is 5.75 Å². The van der Waals surface area contributed by atoms with Crippen LogP contribution in [-0.4, -0.2) is 36.7 Å². The molecule has 0 radical (unpaired) electrons. The minimum absolute atomic E-state index is 0.00584. The molecule has 2 amide bonds. The summed E-state index contributed by atoms with van der Waals surface area (Å²) in [5.41, 5.74) is 1.09. The smallest absolute Gasteiger partial charge is 0.267 e. The van der Waals surface area contributed by atoms with Crippen molar-refractivity contribution in [2.45, 2.75) is 20.3 Å². The zero-order valence-corrected chi connectivity index (χ0v) is 16.5. The molecular formula is C22H25FN2O4. The first-order chi connectivity index (χ1) is 13.9. The van der Waals surface area contributed by atoms with Gasteiger partial charge in [-0.2, -0.15) is 0 Å². The molecule has 154 valence electrons. The Hall–Kier alpha value is -3.19. The Morgan fingerprint density at radius 2 is 1.90 bits per heavy atom. The number of aliphatic hydroxyl groups is 1. The lowest BCUT2D eigenvalue weighted by atomic mass is 10.1. The van der Waals surface area contributed by atoms with Gasteiger partial charge in [-0.1, -0.05) is 19.1 Å². The first-order valence-electron chi connectivity index (χ1n) is 9.35. The van der Waals surface area contributed by atoms with Gasteiger partial charge in [-0.15, -0.1) is 0 Å². The molecule has 0 unspecified atom stereocenters. The van der Waals surface area contributed by atoms with E-state index in [0.717, 1.165) is 12.0 Å². The number of nitrogens with one attached hydrogen (secondary N) is 2. The van der Waals surface area contributed by atoms with Crippen LogP contribution in [0.15, 0.2) is 48.2 Å². The Morgan fingerprint density at radius 1 is 1.17 bits per heavy atom. The molecule has 0 aliphatic rings. The quantitative estimate of drug-likeness (QED) is 0.565. The van der Waals surface area contributed by atoms with Gasteiger partial charge in [0.25, 0.3) is 11.8 Å². The first kappa shape index (κ1) is 22.1. The van der Waals surface area contributed by atoms with Crippen LogP contribution in [0.25, 0.3) is 6.08 Å². The number of carbonyl (C=O) groups excluding carboxylic acids is 2. The van der Waals surface area contributed by atoms with Crippen LogP contribution in [0.3, 0.4) is 0 Å². The zero-order valence-electron chi connectivity index (χ0n) is 16.5. The maximum Gasteiger partial charge on any atom is 0.267 e. The van der Waals surface area contributed by atoms with E-state index in [1.807, 2.05) is 6.92 Å². The Balaban J connectivity index is 2.23. The van der Waals surface area contributed by atoms with Crippen LogP contribution in [0.2, 0.25) is 0 Å². The average Bonchev–Trinajstić information content (AvgIpc) is 2.72. The third kappa shape index (κ3) is 6.73. The molecule has 0 heterocycles. The molecule has 0 spiro atoms. The number of amides is 2. The number of aliphatic hydroxyl groups excluding tert-OH is 1. The largest absolute Gasteiger partial charge is 0.494 e. The van der Waals surface area contributed by atoms with E-state index in [1.165, 1.54) is 18.2 Å². The molecule has 7 heteroatoms. The molecule has 0 aromatic heterocycles. The lowest BCUT2D eigenvalue weighted by Gasteiger charge is -2.11. The van der Waals surface area contributed by atoms with E-state index in [9.17, 15) is 14.0 Å². The van der Waals surface area contributed by atoms with Crippen LogP contribution in [0.1, 0.15) is 34.8 Å². The molecule has 29 heavy (non-hydrogen) atoms. The Morgan fingerprint density at radius 3 is 2.52 bits per heavy atom. The van der Waals surface area contributed by atoms with E-state index in [1.54, 1.807) is 37.3 Å². The van der Waals surface area contributed by atoms with Gasteiger partial charge in [0, 0.05) is 17.7 Å². The number of hydrogen-bond acceptors (Lipinski definition) is 4. The predicted molar refractivity (Wildman–Crippen MR) is 109 cm³/mol. The average molecular weight is 400 g/mol. The van der Waals surface area contributed by atoms with Crippen molar-refractivity contribution in [3.8, 4) is 5.75 Å². The Kier molecular flexibility index (Phi) is 8.36. The molecule has 2 aromatic rings. The number of ether oxygens (including phenoxy) is 1. The Labute approximate surface area is 169 Å². The van der Waals surface area contributed by atoms with Gasteiger partial charge in [0.1, 0.15) is 17.3 Å². The van der Waals surface area contributed by atoms with Crippen LogP contribution in [-0.2, 0) is 4.79 Å². The second-order valence-corrected chi connectivity index (χ2v) is 6.39. The molecule has 2 rings (SSSR count). The van der Waals surface area contributed by atoms with Crippen LogP contribution in [0, 0.1) is 12.7 Å². The maximum absolute atomic E-state index is 14.2. The SMILES string of the molecule is CCCOc1ccc(C(=O)N/C(=C\c2ccc(C)cc2F)C(=O)NCCO)cc1. The molecule has 0 bridgehead atoms. The van der Waals surface area contributed by atoms with Gasteiger partial charge in [-0.05, 0) is 55.3 Å². The molecule has 0 fully saturated rings. The second-order valence-electron chi connectivity index (χ2n) is 6.39. The van der Waals surface area contributed by atoms with Crippen LogP contribution < -0.4 is 15.4 Å². The molecule has 6 nitrogen and oxygen atoms in total. The summed E-state index contributed by atoms with van der Waals surface area (Å²) in [5.74, 6) is -1.02. The number of aryl methyl sites for hydroxylation is 1. The summed E-state index contributed by atoms with van der Waals surface area (Å²) in [7, 11) is 0. The highest BCUT2D eigenvalue weighted by Crippen LogP contribution is 2.15. The number of benzene rings is 2. The number of rotatable bonds is 9. The van der Waals surface area contributed by atoms with Gasteiger partial charge in [-0.3, -0.25) is 9.59 Å². The molecule has 0 aliphatic carbocycles. The van der Waals surface area contributed by atoms with Crippen molar-refractivity contribution < 1.29 is 23.8 Å². The lowest BCUT2D eigenvalue weighted by molar-refractivity contribution is -0.117. The molecule has 3 N–H and O–H groups in total. The fourth-order valence-electron chi connectivity index (χ4n) is 2.44. The van der Waals surface area contributed by atoms with Gasteiger partial charge >= 0.3 is 0 Å². The third-order valence-electron chi connectivity index (χ3n) is 3.94. The number of hydrogen-bond donors (Lipinski definition) is 3. The first-order valence-corrected chi connectivity index (χ1v) is 9.35. The van der Waals surface area contributed by atoms with Crippen molar-refractivity contribution >= 4 is 17.9 Å². The van der Waals surface area contributed by atoms with Crippen molar-refractivity contribution in [2.75, 3.05) is 19.8 Å². The van der Waals surface area contributed by atoms with E-state index >= 15 is 0 Å². The monoisotopic (exact) mass is 400 g/mol. The summed E-state index contributed by atoms with van der Waals surface area (Å²) in [4.78, 5) is 24.9. The summed E-state index contributed by atoms with van der Waals surface area (Å²) in [6.07, 6.45) is 2.13. The van der Waals surface area contributed by atoms with Crippen molar-refractivity contribution in [1.29, 1.82) is 0 Å². The second kappa shape index (κ2) is 11.0. The summed E-state index contributed by atoms with van der Waals surface area (Å²) < 4.78 is 19.7. The van der Waals surface area contributed by atoms with Gasteiger partial charge in [0.15, 0.2) is 0 Å². The number of halogens is 1. The molecule has 0 aliphatic heterocycles. The van der Waals surface area contributed by atoms with Gasteiger partial charge in [-0.25, -0.2) is 4.39 Å². The van der Waals surface area contributed by atoms with E-state index in [-0.39, 0.29) is 24.4 Å². The molecule has 0 saturated heterocycles. The highest BCUT2D eigenvalue weighted by molar-refractivity contribution is 6.05. The van der Waals surface area contributed by atoms with E-state index in [0.29, 0.717) is 17.9 Å². The van der Waals surface area contributed by atoms with Gasteiger partial charge in [0.2, 0.25) is 0 Å². The van der Waals surface area contributed by atoms with Crippen molar-refractivity contribution in [2.24, 2.45) is 0 Å². The summed E-state index contributed by atoms with van der Waals surface area (Å²) in [6, 6.07) is 11.1. The summed E-state index contributed by atoms with van der Waals surface area (Å²) in [6.45, 7) is 4.07. The highest BCUT2D eigenvalue weighted by Gasteiger charge is 2.15. The fraction of sp³-hybridized carbons (Fsp3) is 0.273. The normalized spacial score (nSPS) is 11.1. The minimum Gasteiger partial charge on any atom is -0.494 e. The zero-order chi connectivity index (χ0) is 21.2. The standard InChI is InChI=1S/C22H25FN2O4/c1-3-12-29-18-8-6-16(7-9-18)21(27)25-20(22(28)24-10-11-26)14-17-5-4-15(2)13-19(17)23/h4-9,13-14,26H,3,10-12H2,1-2H3,(H,24,28)(H,25,27)/b20-14-. The maximum atomic E-state index is 14.2. The molecule has 2 aromatic carbocycles. The summed E-state index contributed by atoms with van der Waals surface area (Å²) in [5, 5.41) is 13.9. The number of carbonyl (C=O) groups is 2. The van der Waals surface area contributed by atoms with Crippen LogP contribution >= 0.6 is 0 Å². The van der Waals surface area contributed by atoms with Crippen molar-refractivity contribution in [1.82, 2.24) is 10.6 Å². The van der Waals surface area contributed by atoms with Gasteiger partial charge in [0.05, 0.1) is 13.2 Å². The predicted octanol–water partition coefficient (Wildman–Crippen LogP) is 2.80. The van der Waals surface area contributed by atoms with E-state index in [4.69, 9.17) is 9.84 Å². The highest BCUT2D eigenvalue weighted by atomic mass is 19.1. The van der Waals surface area contributed by atoms with Gasteiger partial charge < -0.3 is 20.5 Å². The molecular weight excluding hydrogens is 375 g/mol. The van der Waals surface area contributed by atoms with Crippen molar-refractivity contribution in [3.63, 3.8) is 0 Å². The topological polar surface area (TPSA) is 87.7 Å². The molecule has 0 saturated carbocycles. The Bertz CT molecular complexity index is 879. The van der Waals surface area contributed by atoms with Crippen molar-refractivity contribution in [3.05, 3.63) is 70.7 Å². The van der Waals surface area contributed by atoms with E-state index in [2.05, 4.69) is 10.6 Å². The lowest BCUT2D eigenvalue weighted by Crippen LogP contribution is -2.36.